The molecule has 0 aliphatic carbocycles. The van der Waals surface area contributed by atoms with Gasteiger partial charge in [-0.05, 0) is 19.4 Å². The molecule has 6 heteroatoms. The van der Waals surface area contributed by atoms with Crippen LogP contribution in [-0.4, -0.2) is 53.3 Å². The third kappa shape index (κ3) is 3.17. The van der Waals surface area contributed by atoms with Crippen molar-refractivity contribution in [3.05, 3.63) is 35.9 Å². The van der Waals surface area contributed by atoms with Crippen molar-refractivity contribution in [2.45, 2.75) is 56.9 Å². The van der Waals surface area contributed by atoms with Gasteiger partial charge < -0.3 is 29.2 Å². The summed E-state index contributed by atoms with van der Waals surface area (Å²) in [4.78, 5) is 0. The van der Waals surface area contributed by atoms with Crippen LogP contribution in [0, 0.1) is 0 Å². The van der Waals surface area contributed by atoms with Gasteiger partial charge in [-0.15, -0.1) is 0 Å². The number of aliphatic hydroxyl groups is 2. The Bertz CT molecular complexity index is 491. The van der Waals surface area contributed by atoms with E-state index in [1.54, 1.807) is 13.8 Å². The summed E-state index contributed by atoms with van der Waals surface area (Å²) in [6.07, 6.45) is -3.25. The summed E-state index contributed by atoms with van der Waals surface area (Å²) in [5.74, 6) is -0.751. The van der Waals surface area contributed by atoms with Crippen LogP contribution in [0.4, 0.5) is 0 Å². The second-order valence-electron chi connectivity index (χ2n) is 6.08. The molecular formula is C16H22O6. The molecule has 0 bridgehead atoms. The highest BCUT2D eigenvalue weighted by atomic mass is 16.8. The summed E-state index contributed by atoms with van der Waals surface area (Å²) in [7, 11) is 0. The predicted octanol–water partition coefficient (Wildman–Crippen LogP) is 0.801. The highest BCUT2D eigenvalue weighted by molar-refractivity contribution is 5.13. The van der Waals surface area contributed by atoms with Crippen LogP contribution in [0.3, 0.4) is 0 Å². The van der Waals surface area contributed by atoms with Gasteiger partial charge in [0.15, 0.2) is 12.1 Å². The van der Waals surface area contributed by atoms with Gasteiger partial charge in [0.05, 0.1) is 13.2 Å². The molecule has 2 unspecified atom stereocenters. The molecule has 22 heavy (non-hydrogen) atoms. The lowest BCUT2D eigenvalue weighted by Crippen LogP contribution is -2.44. The molecule has 1 aromatic carbocycles. The van der Waals surface area contributed by atoms with Crippen LogP contribution >= 0.6 is 0 Å². The summed E-state index contributed by atoms with van der Waals surface area (Å²) < 4.78 is 23.1. The average Bonchev–Trinajstić information content (AvgIpc) is 2.97. The van der Waals surface area contributed by atoms with Crippen LogP contribution in [0.25, 0.3) is 0 Å². The van der Waals surface area contributed by atoms with Crippen molar-refractivity contribution in [3.8, 4) is 0 Å². The van der Waals surface area contributed by atoms with E-state index in [1.807, 2.05) is 30.3 Å². The lowest BCUT2D eigenvalue weighted by Gasteiger charge is -2.28. The fraction of sp³-hybridized carbons (Fsp3) is 0.625. The van der Waals surface area contributed by atoms with E-state index in [4.69, 9.17) is 18.9 Å². The van der Waals surface area contributed by atoms with Gasteiger partial charge in [0.25, 0.3) is 0 Å². The van der Waals surface area contributed by atoms with Crippen molar-refractivity contribution in [3.63, 3.8) is 0 Å². The molecule has 2 fully saturated rings. The molecule has 3 rings (SSSR count). The number of benzene rings is 1. The first-order chi connectivity index (χ1) is 10.5. The maximum absolute atomic E-state index is 9.94. The Morgan fingerprint density at radius 2 is 1.95 bits per heavy atom. The maximum Gasteiger partial charge on any atom is 0.190 e. The smallest absolute Gasteiger partial charge is 0.190 e. The largest absolute Gasteiger partial charge is 0.394 e. The van der Waals surface area contributed by atoms with E-state index in [0.717, 1.165) is 5.56 Å². The van der Waals surface area contributed by atoms with Gasteiger partial charge >= 0.3 is 0 Å². The molecule has 122 valence electrons. The monoisotopic (exact) mass is 310 g/mol. The second kappa shape index (κ2) is 6.23. The minimum absolute atomic E-state index is 0.372. The van der Waals surface area contributed by atoms with E-state index in [1.165, 1.54) is 0 Å². The van der Waals surface area contributed by atoms with Crippen molar-refractivity contribution in [1.29, 1.82) is 0 Å². The van der Waals surface area contributed by atoms with Gasteiger partial charge in [0.1, 0.15) is 24.4 Å². The van der Waals surface area contributed by atoms with E-state index in [0.29, 0.717) is 6.61 Å². The van der Waals surface area contributed by atoms with Crippen molar-refractivity contribution >= 4 is 0 Å². The highest BCUT2D eigenvalue weighted by Crippen LogP contribution is 2.39. The van der Waals surface area contributed by atoms with Gasteiger partial charge in [0, 0.05) is 0 Å². The van der Waals surface area contributed by atoms with Crippen LogP contribution in [0.5, 0.6) is 0 Å². The number of fused-ring (bicyclic) bond motifs is 1. The molecule has 0 spiro atoms. The third-order valence-electron chi connectivity index (χ3n) is 3.88. The molecule has 2 heterocycles. The zero-order valence-electron chi connectivity index (χ0n) is 12.7. The Labute approximate surface area is 129 Å². The molecule has 6 nitrogen and oxygen atoms in total. The molecule has 0 saturated carbocycles. The first-order valence-corrected chi connectivity index (χ1v) is 7.46. The summed E-state index contributed by atoms with van der Waals surface area (Å²) >= 11 is 0. The fourth-order valence-electron chi connectivity index (χ4n) is 2.87. The maximum atomic E-state index is 9.94. The lowest BCUT2D eigenvalue weighted by atomic mass is 10.1. The van der Waals surface area contributed by atoms with E-state index in [-0.39, 0.29) is 0 Å². The first kappa shape index (κ1) is 15.9. The van der Waals surface area contributed by atoms with Crippen LogP contribution in [0.2, 0.25) is 0 Å². The van der Waals surface area contributed by atoms with E-state index >= 15 is 0 Å². The zero-order chi connectivity index (χ0) is 15.7. The summed E-state index contributed by atoms with van der Waals surface area (Å²) in [6, 6.07) is 9.73. The Balaban J connectivity index is 1.71. The van der Waals surface area contributed by atoms with Crippen molar-refractivity contribution in [1.82, 2.24) is 0 Å². The number of hydrogen-bond donors (Lipinski definition) is 2. The molecule has 1 aromatic rings. The van der Waals surface area contributed by atoms with Gasteiger partial charge in [-0.3, -0.25) is 0 Å². The molecule has 0 amide bonds. The molecule has 5 atom stereocenters. The summed E-state index contributed by atoms with van der Waals surface area (Å²) in [6.45, 7) is 3.58. The zero-order valence-corrected chi connectivity index (χ0v) is 12.7. The molecular weight excluding hydrogens is 288 g/mol. The molecule has 2 aliphatic rings. The normalized spacial score (nSPS) is 34.5. The molecule has 2 aliphatic heterocycles. The number of hydrogen-bond acceptors (Lipinski definition) is 6. The van der Waals surface area contributed by atoms with Gasteiger partial charge in [-0.25, -0.2) is 0 Å². The third-order valence-corrected chi connectivity index (χ3v) is 3.88. The van der Waals surface area contributed by atoms with Crippen LogP contribution in [-0.2, 0) is 25.6 Å². The average molecular weight is 310 g/mol. The van der Waals surface area contributed by atoms with Crippen LogP contribution in [0.15, 0.2) is 30.3 Å². The Morgan fingerprint density at radius 1 is 1.23 bits per heavy atom. The van der Waals surface area contributed by atoms with E-state index in [2.05, 4.69) is 0 Å². The van der Waals surface area contributed by atoms with Crippen LogP contribution < -0.4 is 0 Å². The van der Waals surface area contributed by atoms with E-state index in [9.17, 15) is 10.2 Å². The number of rotatable bonds is 5. The topological polar surface area (TPSA) is 77.4 Å². The summed E-state index contributed by atoms with van der Waals surface area (Å²) in [5.41, 5.74) is 1.02. The second-order valence-corrected chi connectivity index (χ2v) is 6.08. The highest BCUT2D eigenvalue weighted by Gasteiger charge is 2.56. The molecule has 0 aromatic heterocycles. The fourth-order valence-corrected chi connectivity index (χ4v) is 2.87. The Hall–Kier alpha value is -1.02. The minimum atomic E-state index is -1.04. The van der Waals surface area contributed by atoms with E-state index < -0.39 is 43.1 Å². The SMILES string of the molecule is CC1(C)OC2[C@@H](O[C@@H](C(O)CO)[C@@H]2OCc2ccccc2)O1. The Kier molecular flexibility index (Phi) is 4.49. The van der Waals surface area contributed by atoms with Crippen molar-refractivity contribution < 1.29 is 29.2 Å². The van der Waals surface area contributed by atoms with Gasteiger partial charge in [0.2, 0.25) is 0 Å². The molecule has 0 radical (unpaired) electrons. The quantitative estimate of drug-likeness (QED) is 0.838. The first-order valence-electron chi connectivity index (χ1n) is 7.46. The standard InChI is InChI=1S/C16H22O6/c1-16(2)21-14-13(19-9-10-6-4-3-5-7-10)12(11(18)8-17)20-15(14)22-16/h3-7,11-15,17-18H,8-9H2,1-2H3/t11?,12-,13-,14?,15-/m0/s1. The predicted molar refractivity (Wildman–Crippen MR) is 76.8 cm³/mol. The number of aliphatic hydroxyl groups excluding tert-OH is 2. The van der Waals surface area contributed by atoms with Crippen LogP contribution in [0.1, 0.15) is 19.4 Å². The lowest BCUT2D eigenvalue weighted by molar-refractivity contribution is -0.232. The number of ether oxygens (including phenoxy) is 4. The van der Waals surface area contributed by atoms with Crippen molar-refractivity contribution in [2.24, 2.45) is 0 Å². The van der Waals surface area contributed by atoms with Gasteiger partial charge in [-0.2, -0.15) is 0 Å². The Morgan fingerprint density at radius 3 is 2.64 bits per heavy atom. The molecule has 2 saturated heterocycles. The molecule has 2 N–H and O–H groups in total. The summed E-state index contributed by atoms with van der Waals surface area (Å²) in [5, 5.41) is 19.1. The van der Waals surface area contributed by atoms with Crippen molar-refractivity contribution in [2.75, 3.05) is 6.61 Å². The van der Waals surface area contributed by atoms with Gasteiger partial charge in [-0.1, -0.05) is 30.3 Å². The minimum Gasteiger partial charge on any atom is -0.394 e.